The lowest BCUT2D eigenvalue weighted by atomic mass is 9.71. The average Bonchev–Trinajstić information content (AvgIpc) is 3.22. The summed E-state index contributed by atoms with van der Waals surface area (Å²) >= 11 is 0. The van der Waals surface area contributed by atoms with Crippen LogP contribution in [0.25, 0.3) is 0 Å². The van der Waals surface area contributed by atoms with Crippen LogP contribution in [0.5, 0.6) is 5.75 Å². The van der Waals surface area contributed by atoms with Gasteiger partial charge in [-0.25, -0.2) is 0 Å². The van der Waals surface area contributed by atoms with E-state index < -0.39 is 0 Å². The van der Waals surface area contributed by atoms with Crippen molar-refractivity contribution < 1.29 is 9.53 Å². The molecule has 5 nitrogen and oxygen atoms in total. The third kappa shape index (κ3) is 7.96. The van der Waals surface area contributed by atoms with Crippen molar-refractivity contribution in [2.45, 2.75) is 109 Å². The van der Waals surface area contributed by atoms with Crippen LogP contribution in [0.2, 0.25) is 0 Å². The van der Waals surface area contributed by atoms with Crippen LogP contribution >= 0.6 is 0 Å². The minimum Gasteiger partial charge on any atom is -0.491 e. The maximum absolute atomic E-state index is 13.9. The van der Waals surface area contributed by atoms with Gasteiger partial charge in [-0.2, -0.15) is 0 Å². The molecule has 1 atom stereocenters. The van der Waals surface area contributed by atoms with E-state index in [4.69, 9.17) is 4.74 Å². The smallest absolute Gasteiger partial charge is 0.227 e. The number of piperazine rings is 1. The number of hydrogen-bond donors (Lipinski definition) is 0. The maximum atomic E-state index is 13.9. The van der Waals surface area contributed by atoms with Crippen molar-refractivity contribution in [1.82, 2.24) is 14.7 Å². The van der Waals surface area contributed by atoms with Crippen LogP contribution in [0, 0.1) is 13.8 Å². The fourth-order valence-corrected chi connectivity index (χ4v) is 7.83. The molecule has 0 spiro atoms. The summed E-state index contributed by atoms with van der Waals surface area (Å²) in [6, 6.07) is 15.9. The zero-order valence-corrected chi connectivity index (χ0v) is 26.9. The molecule has 5 rings (SSSR count). The van der Waals surface area contributed by atoms with Gasteiger partial charge in [0.05, 0.1) is 12.5 Å². The van der Waals surface area contributed by atoms with E-state index in [0.717, 1.165) is 56.3 Å². The van der Waals surface area contributed by atoms with E-state index in [1.807, 2.05) is 32.0 Å². The van der Waals surface area contributed by atoms with Crippen molar-refractivity contribution in [3.05, 3.63) is 64.7 Å². The van der Waals surface area contributed by atoms with Crippen LogP contribution in [0.3, 0.4) is 0 Å². The van der Waals surface area contributed by atoms with Gasteiger partial charge in [0, 0.05) is 50.7 Å². The molecular weight excluding hydrogens is 518 g/mol. The number of rotatable bonds is 9. The maximum Gasteiger partial charge on any atom is 0.227 e. The van der Waals surface area contributed by atoms with Crippen molar-refractivity contribution in [2.75, 3.05) is 45.8 Å². The average molecular weight is 574 g/mol. The first-order valence-corrected chi connectivity index (χ1v) is 16.9. The molecule has 0 unspecified atom stereocenters. The molecule has 2 saturated heterocycles. The number of carbonyl (C=O) groups is 1. The predicted octanol–water partition coefficient (Wildman–Crippen LogP) is 6.92. The Bertz CT molecular complexity index is 1170. The van der Waals surface area contributed by atoms with Gasteiger partial charge in [-0.05, 0) is 95.2 Å². The Morgan fingerprint density at radius 2 is 1.71 bits per heavy atom. The van der Waals surface area contributed by atoms with Gasteiger partial charge in [0.2, 0.25) is 5.91 Å². The van der Waals surface area contributed by atoms with Crippen molar-refractivity contribution in [3.8, 4) is 5.75 Å². The van der Waals surface area contributed by atoms with Crippen molar-refractivity contribution in [2.24, 2.45) is 0 Å². The summed E-state index contributed by atoms with van der Waals surface area (Å²) in [5, 5.41) is 0. The molecule has 0 radical (unpaired) electrons. The molecule has 2 aliphatic heterocycles. The standard InChI is InChI=1S/C37H55N3O2/c1-29(2)42-34-14-10-11-32(26-34)27-36(41)40-19-9-8-17-37(28-40,35-25-30(3)15-16-31(35)4)18-20-38-21-23-39(24-22-38)33-12-6-5-7-13-33/h10-11,14-16,25-26,29,33H,5-9,12-13,17-24,27-28H2,1-4H3/t37-/m1/s1. The van der Waals surface area contributed by atoms with E-state index >= 15 is 0 Å². The Balaban J connectivity index is 1.30. The number of benzene rings is 2. The van der Waals surface area contributed by atoms with Gasteiger partial charge < -0.3 is 14.5 Å². The monoisotopic (exact) mass is 573 g/mol. The Kier molecular flexibility index (Phi) is 10.7. The van der Waals surface area contributed by atoms with E-state index in [0.29, 0.717) is 6.42 Å². The molecule has 1 amide bonds. The second kappa shape index (κ2) is 14.4. The van der Waals surface area contributed by atoms with Crippen LogP contribution in [0.15, 0.2) is 42.5 Å². The van der Waals surface area contributed by atoms with E-state index in [1.165, 1.54) is 81.4 Å². The fraction of sp³-hybridized carbons (Fsp3) is 0.649. The summed E-state index contributed by atoms with van der Waals surface area (Å²) in [4.78, 5) is 21.6. The van der Waals surface area contributed by atoms with Gasteiger partial charge in [0.15, 0.2) is 0 Å². The summed E-state index contributed by atoms with van der Waals surface area (Å²) in [5.74, 6) is 1.09. The second-order valence-electron chi connectivity index (χ2n) is 13.8. The van der Waals surface area contributed by atoms with Crippen LogP contribution < -0.4 is 4.74 Å². The van der Waals surface area contributed by atoms with Crippen molar-refractivity contribution >= 4 is 5.91 Å². The van der Waals surface area contributed by atoms with Crippen LogP contribution in [0.1, 0.15) is 93.9 Å². The highest BCUT2D eigenvalue weighted by molar-refractivity contribution is 5.79. The highest BCUT2D eigenvalue weighted by Gasteiger charge is 2.39. The second-order valence-corrected chi connectivity index (χ2v) is 13.8. The van der Waals surface area contributed by atoms with Gasteiger partial charge >= 0.3 is 0 Å². The van der Waals surface area contributed by atoms with E-state index in [2.05, 4.69) is 52.8 Å². The number of ether oxygens (including phenoxy) is 1. The minimum absolute atomic E-state index is 0.00856. The first kappa shape index (κ1) is 31.1. The summed E-state index contributed by atoms with van der Waals surface area (Å²) in [5.41, 5.74) is 5.19. The Labute approximate surface area is 255 Å². The van der Waals surface area contributed by atoms with Crippen LogP contribution in [-0.4, -0.2) is 78.6 Å². The first-order chi connectivity index (χ1) is 20.3. The van der Waals surface area contributed by atoms with E-state index in [1.54, 1.807) is 0 Å². The lowest BCUT2D eigenvalue weighted by Gasteiger charge is -2.43. The first-order valence-electron chi connectivity index (χ1n) is 16.9. The third-order valence-corrected chi connectivity index (χ3v) is 10.2. The number of nitrogens with zero attached hydrogens (tertiary/aromatic N) is 3. The molecule has 42 heavy (non-hydrogen) atoms. The van der Waals surface area contributed by atoms with Crippen molar-refractivity contribution in [1.29, 1.82) is 0 Å². The van der Waals surface area contributed by atoms with Gasteiger partial charge in [0.25, 0.3) is 0 Å². The molecule has 0 N–H and O–H groups in total. The van der Waals surface area contributed by atoms with E-state index in [9.17, 15) is 4.79 Å². The van der Waals surface area contributed by atoms with E-state index in [-0.39, 0.29) is 17.4 Å². The summed E-state index contributed by atoms with van der Waals surface area (Å²) in [6.07, 6.45) is 12.1. The molecule has 1 saturated carbocycles. The molecule has 3 fully saturated rings. The minimum atomic E-state index is -0.00856. The Morgan fingerprint density at radius 3 is 2.48 bits per heavy atom. The van der Waals surface area contributed by atoms with Crippen LogP contribution in [-0.2, 0) is 16.6 Å². The zero-order valence-electron chi connectivity index (χ0n) is 26.9. The number of carbonyl (C=O) groups excluding carboxylic acids is 1. The molecule has 1 aliphatic carbocycles. The molecule has 3 aliphatic rings. The Hall–Kier alpha value is -2.37. The van der Waals surface area contributed by atoms with Gasteiger partial charge in [-0.3, -0.25) is 9.69 Å². The normalized spacial score (nSPS) is 23.2. The summed E-state index contributed by atoms with van der Waals surface area (Å²) in [6.45, 7) is 16.1. The van der Waals surface area contributed by atoms with Crippen LogP contribution in [0.4, 0.5) is 0 Å². The molecule has 230 valence electrons. The summed E-state index contributed by atoms with van der Waals surface area (Å²) in [7, 11) is 0. The quantitative estimate of drug-likeness (QED) is 0.326. The molecule has 0 aromatic heterocycles. The van der Waals surface area contributed by atoms with Gasteiger partial charge in [-0.1, -0.05) is 61.6 Å². The molecule has 2 aromatic carbocycles. The summed E-state index contributed by atoms with van der Waals surface area (Å²) < 4.78 is 5.92. The SMILES string of the molecule is Cc1ccc(C)c([C@@]2(CCN3CCN(C4CCCCC4)CC3)CCCCN(C(=O)Cc3cccc(OC(C)C)c3)C2)c1. The third-order valence-electron chi connectivity index (χ3n) is 10.2. The number of likely N-dealkylation sites (tertiary alicyclic amines) is 1. The lowest BCUT2D eigenvalue weighted by Crippen LogP contribution is -2.52. The molecule has 0 bridgehead atoms. The number of aryl methyl sites for hydroxylation is 2. The predicted molar refractivity (Wildman–Crippen MR) is 173 cm³/mol. The topological polar surface area (TPSA) is 36.0 Å². The van der Waals surface area contributed by atoms with Crippen molar-refractivity contribution in [3.63, 3.8) is 0 Å². The Morgan fingerprint density at radius 1 is 0.929 bits per heavy atom. The molecule has 2 heterocycles. The molecule has 5 heteroatoms. The van der Waals surface area contributed by atoms with Gasteiger partial charge in [0.1, 0.15) is 5.75 Å². The largest absolute Gasteiger partial charge is 0.491 e. The highest BCUT2D eigenvalue weighted by atomic mass is 16.5. The number of amides is 1. The number of hydrogen-bond acceptors (Lipinski definition) is 4. The highest BCUT2D eigenvalue weighted by Crippen LogP contribution is 2.39. The molecular formula is C37H55N3O2. The molecule has 2 aromatic rings. The lowest BCUT2D eigenvalue weighted by molar-refractivity contribution is -0.131. The fourth-order valence-electron chi connectivity index (χ4n) is 7.83. The zero-order chi connectivity index (χ0) is 29.5. The van der Waals surface area contributed by atoms with Gasteiger partial charge in [-0.15, -0.1) is 0 Å².